The molecule has 3 heteroatoms. The Kier molecular flexibility index (Phi) is 3.21. The molecule has 15 heavy (non-hydrogen) atoms. The van der Waals surface area contributed by atoms with E-state index in [1.807, 2.05) is 0 Å². The van der Waals surface area contributed by atoms with Crippen molar-refractivity contribution < 1.29 is 9.50 Å². The Labute approximate surface area is 89.1 Å². The molecule has 1 saturated heterocycles. The maximum atomic E-state index is 12.8. The zero-order valence-corrected chi connectivity index (χ0v) is 8.67. The molecule has 2 rings (SSSR count). The molecule has 1 aliphatic rings. The number of aromatic hydroxyl groups is 1. The van der Waals surface area contributed by atoms with Gasteiger partial charge >= 0.3 is 0 Å². The maximum Gasteiger partial charge on any atom is 0.126 e. The molecule has 1 aliphatic heterocycles. The van der Waals surface area contributed by atoms with Crippen LogP contribution in [0.25, 0.3) is 0 Å². The van der Waals surface area contributed by atoms with Gasteiger partial charge in [0, 0.05) is 12.1 Å². The second kappa shape index (κ2) is 4.62. The van der Waals surface area contributed by atoms with Crippen LogP contribution in [-0.4, -0.2) is 17.7 Å². The van der Waals surface area contributed by atoms with E-state index in [0.29, 0.717) is 6.04 Å². The first-order chi connectivity index (χ1) is 7.25. The molecule has 0 radical (unpaired) electrons. The Morgan fingerprint density at radius 2 is 2.27 bits per heavy atom. The molecule has 82 valence electrons. The van der Waals surface area contributed by atoms with Gasteiger partial charge < -0.3 is 10.4 Å². The van der Waals surface area contributed by atoms with Gasteiger partial charge in [0.1, 0.15) is 11.6 Å². The number of benzene rings is 1. The highest BCUT2D eigenvalue weighted by Crippen LogP contribution is 2.21. The molecule has 0 amide bonds. The van der Waals surface area contributed by atoms with Gasteiger partial charge in [0.05, 0.1) is 0 Å². The third kappa shape index (κ3) is 2.69. The van der Waals surface area contributed by atoms with E-state index in [1.165, 1.54) is 25.0 Å². The first-order valence-corrected chi connectivity index (χ1v) is 5.46. The van der Waals surface area contributed by atoms with Crippen LogP contribution in [-0.2, 0) is 6.42 Å². The zero-order chi connectivity index (χ0) is 10.7. The molecule has 1 unspecified atom stereocenters. The standard InChI is InChI=1S/C12H16FNO/c13-10-5-4-9(12(15)8-10)7-11-3-1-2-6-14-11/h4-5,8,11,14-15H,1-3,6-7H2. The number of nitrogens with one attached hydrogen (secondary N) is 1. The Balaban J connectivity index is 2.03. The summed E-state index contributed by atoms with van der Waals surface area (Å²) < 4.78 is 12.8. The first kappa shape index (κ1) is 10.4. The lowest BCUT2D eigenvalue weighted by Gasteiger charge is -2.23. The summed E-state index contributed by atoms with van der Waals surface area (Å²) in [7, 11) is 0. The van der Waals surface area contributed by atoms with E-state index in [1.54, 1.807) is 6.07 Å². The number of hydrogen-bond acceptors (Lipinski definition) is 2. The smallest absolute Gasteiger partial charge is 0.126 e. The van der Waals surface area contributed by atoms with Gasteiger partial charge in [-0.3, -0.25) is 0 Å². The molecule has 1 atom stereocenters. The topological polar surface area (TPSA) is 32.3 Å². The summed E-state index contributed by atoms with van der Waals surface area (Å²) >= 11 is 0. The number of rotatable bonds is 2. The van der Waals surface area contributed by atoms with Gasteiger partial charge in [-0.25, -0.2) is 4.39 Å². The molecule has 1 aromatic carbocycles. The average Bonchev–Trinajstić information content (AvgIpc) is 2.24. The predicted octanol–water partition coefficient (Wildman–Crippen LogP) is 2.22. The Morgan fingerprint density at radius 3 is 2.93 bits per heavy atom. The third-order valence-electron chi connectivity index (χ3n) is 2.93. The van der Waals surface area contributed by atoms with Crippen molar-refractivity contribution in [2.75, 3.05) is 6.54 Å². The molecular formula is C12H16FNO. The summed E-state index contributed by atoms with van der Waals surface area (Å²) in [6, 6.07) is 4.67. The molecule has 0 aliphatic carbocycles. The van der Waals surface area contributed by atoms with Gasteiger partial charge in [0.2, 0.25) is 0 Å². The maximum absolute atomic E-state index is 12.8. The molecule has 2 nitrogen and oxygen atoms in total. The number of phenolic OH excluding ortho intramolecular Hbond substituents is 1. The summed E-state index contributed by atoms with van der Waals surface area (Å²) in [4.78, 5) is 0. The molecule has 1 fully saturated rings. The van der Waals surface area contributed by atoms with Crippen molar-refractivity contribution in [2.45, 2.75) is 31.7 Å². The number of piperidine rings is 1. The van der Waals surface area contributed by atoms with Crippen molar-refractivity contribution in [3.05, 3.63) is 29.6 Å². The first-order valence-electron chi connectivity index (χ1n) is 5.46. The van der Waals surface area contributed by atoms with Gasteiger partial charge in [0.15, 0.2) is 0 Å². The average molecular weight is 209 g/mol. The van der Waals surface area contributed by atoms with Crippen LogP contribution < -0.4 is 5.32 Å². The SMILES string of the molecule is Oc1cc(F)ccc1CC1CCCCN1. The fourth-order valence-corrected chi connectivity index (χ4v) is 2.07. The van der Waals surface area contributed by atoms with E-state index in [4.69, 9.17) is 0 Å². The predicted molar refractivity (Wildman–Crippen MR) is 57.4 cm³/mol. The Bertz CT molecular complexity index is 334. The van der Waals surface area contributed by atoms with Crippen LogP contribution in [0.4, 0.5) is 4.39 Å². The molecule has 0 bridgehead atoms. The van der Waals surface area contributed by atoms with Crippen molar-refractivity contribution in [1.29, 1.82) is 0 Å². The summed E-state index contributed by atoms with van der Waals surface area (Å²) in [5.74, 6) is -0.310. The second-order valence-electron chi connectivity index (χ2n) is 4.12. The van der Waals surface area contributed by atoms with E-state index < -0.39 is 0 Å². The minimum Gasteiger partial charge on any atom is -0.508 e. The largest absolute Gasteiger partial charge is 0.508 e. The fourth-order valence-electron chi connectivity index (χ4n) is 2.07. The minimum absolute atomic E-state index is 0.0716. The fraction of sp³-hybridized carbons (Fsp3) is 0.500. The molecular weight excluding hydrogens is 193 g/mol. The van der Waals surface area contributed by atoms with Crippen LogP contribution in [0.3, 0.4) is 0 Å². The molecule has 0 aromatic heterocycles. The third-order valence-corrected chi connectivity index (χ3v) is 2.93. The van der Waals surface area contributed by atoms with Crippen molar-refractivity contribution >= 4 is 0 Å². The summed E-state index contributed by atoms with van der Waals surface area (Å²) in [5, 5.41) is 13.0. The highest BCUT2D eigenvalue weighted by Gasteiger charge is 2.14. The lowest BCUT2D eigenvalue weighted by molar-refractivity contribution is 0.391. The molecule has 0 spiro atoms. The van der Waals surface area contributed by atoms with E-state index in [9.17, 15) is 9.50 Å². The van der Waals surface area contributed by atoms with E-state index >= 15 is 0 Å². The van der Waals surface area contributed by atoms with Crippen LogP contribution in [0.5, 0.6) is 5.75 Å². The summed E-state index contributed by atoms with van der Waals surface area (Å²) in [6.07, 6.45) is 4.38. The normalized spacial score (nSPS) is 21.5. The van der Waals surface area contributed by atoms with Crippen LogP contribution >= 0.6 is 0 Å². The summed E-state index contributed by atoms with van der Waals surface area (Å²) in [5.41, 5.74) is 0.829. The van der Waals surface area contributed by atoms with E-state index in [-0.39, 0.29) is 11.6 Å². The van der Waals surface area contributed by atoms with Crippen LogP contribution in [0.1, 0.15) is 24.8 Å². The highest BCUT2D eigenvalue weighted by atomic mass is 19.1. The van der Waals surface area contributed by atoms with Gasteiger partial charge in [0.25, 0.3) is 0 Å². The molecule has 0 saturated carbocycles. The molecule has 1 aromatic rings. The van der Waals surface area contributed by atoms with Gasteiger partial charge in [-0.05, 0) is 37.4 Å². The van der Waals surface area contributed by atoms with E-state index in [2.05, 4.69) is 5.32 Å². The van der Waals surface area contributed by atoms with Gasteiger partial charge in [-0.15, -0.1) is 0 Å². The van der Waals surface area contributed by atoms with Crippen molar-refractivity contribution in [1.82, 2.24) is 5.32 Å². The lowest BCUT2D eigenvalue weighted by Crippen LogP contribution is -2.35. The molecule has 2 N–H and O–H groups in total. The minimum atomic E-state index is -0.382. The van der Waals surface area contributed by atoms with Crippen LogP contribution in [0.15, 0.2) is 18.2 Å². The van der Waals surface area contributed by atoms with Crippen LogP contribution in [0, 0.1) is 5.82 Å². The molecule has 1 heterocycles. The van der Waals surface area contributed by atoms with Crippen LogP contribution in [0.2, 0.25) is 0 Å². The number of halogens is 1. The lowest BCUT2D eigenvalue weighted by atomic mass is 9.97. The zero-order valence-electron chi connectivity index (χ0n) is 8.67. The van der Waals surface area contributed by atoms with Crippen molar-refractivity contribution in [3.8, 4) is 5.75 Å². The van der Waals surface area contributed by atoms with Crippen molar-refractivity contribution in [2.24, 2.45) is 0 Å². The van der Waals surface area contributed by atoms with Crippen molar-refractivity contribution in [3.63, 3.8) is 0 Å². The highest BCUT2D eigenvalue weighted by molar-refractivity contribution is 5.33. The second-order valence-corrected chi connectivity index (χ2v) is 4.12. The van der Waals surface area contributed by atoms with E-state index in [0.717, 1.165) is 24.9 Å². The Hall–Kier alpha value is -1.09. The van der Waals surface area contributed by atoms with Gasteiger partial charge in [-0.2, -0.15) is 0 Å². The summed E-state index contributed by atoms with van der Waals surface area (Å²) in [6.45, 7) is 1.05. The monoisotopic (exact) mass is 209 g/mol. The Morgan fingerprint density at radius 1 is 1.40 bits per heavy atom. The van der Waals surface area contributed by atoms with Gasteiger partial charge in [-0.1, -0.05) is 12.5 Å². The number of phenols is 1. The quantitative estimate of drug-likeness (QED) is 0.782. The number of hydrogen-bond donors (Lipinski definition) is 2.